The van der Waals surface area contributed by atoms with Crippen molar-refractivity contribution >= 4 is 11.9 Å². The number of fused-ring (bicyclic) bond motifs is 1. The molecule has 6 nitrogen and oxygen atoms in total. The Hall–Kier alpha value is -3.80. The van der Waals surface area contributed by atoms with Crippen molar-refractivity contribution in [3.05, 3.63) is 83.9 Å². The summed E-state index contributed by atoms with van der Waals surface area (Å²) < 4.78 is 15.7. The van der Waals surface area contributed by atoms with Crippen LogP contribution in [0.4, 0.5) is 0 Å². The van der Waals surface area contributed by atoms with Gasteiger partial charge < -0.3 is 19.5 Å². The van der Waals surface area contributed by atoms with Gasteiger partial charge in [0.2, 0.25) is 6.79 Å². The smallest absolute Gasteiger partial charge is 0.338 e. The van der Waals surface area contributed by atoms with Gasteiger partial charge in [0.15, 0.2) is 18.1 Å². The summed E-state index contributed by atoms with van der Waals surface area (Å²) in [6.07, 6.45) is 0. The number of benzene rings is 3. The molecule has 1 aliphatic rings. The molecule has 146 valence electrons. The molecule has 3 aromatic rings. The maximum Gasteiger partial charge on any atom is 0.338 e. The van der Waals surface area contributed by atoms with Gasteiger partial charge in [-0.25, -0.2) is 4.79 Å². The Kier molecular flexibility index (Phi) is 5.42. The molecule has 0 saturated heterocycles. The lowest BCUT2D eigenvalue weighted by Gasteiger charge is -2.08. The van der Waals surface area contributed by atoms with Crippen LogP contribution in [0.1, 0.15) is 15.9 Å². The van der Waals surface area contributed by atoms with E-state index in [1.54, 1.807) is 18.2 Å². The normalized spacial score (nSPS) is 11.7. The SMILES string of the molecule is O=C(COC(=O)c1ccc(-c2ccccc2)cc1)NCc1ccc2c(c1)OCO2. The molecule has 3 aromatic carbocycles. The molecule has 1 heterocycles. The number of hydrogen-bond donors (Lipinski definition) is 1. The molecular weight excluding hydrogens is 370 g/mol. The highest BCUT2D eigenvalue weighted by atomic mass is 16.7. The van der Waals surface area contributed by atoms with Gasteiger partial charge in [0, 0.05) is 6.54 Å². The molecule has 0 saturated carbocycles. The first-order valence-electron chi connectivity index (χ1n) is 9.17. The van der Waals surface area contributed by atoms with Crippen molar-refractivity contribution in [1.82, 2.24) is 5.32 Å². The molecule has 4 rings (SSSR count). The van der Waals surface area contributed by atoms with Crippen molar-refractivity contribution in [3.63, 3.8) is 0 Å². The summed E-state index contributed by atoms with van der Waals surface area (Å²) in [6, 6.07) is 22.4. The van der Waals surface area contributed by atoms with Gasteiger partial charge in [-0.3, -0.25) is 4.79 Å². The van der Waals surface area contributed by atoms with Gasteiger partial charge in [0.05, 0.1) is 5.56 Å². The lowest BCUT2D eigenvalue weighted by Crippen LogP contribution is -2.28. The summed E-state index contributed by atoms with van der Waals surface area (Å²) >= 11 is 0. The van der Waals surface area contributed by atoms with Gasteiger partial charge in [0.25, 0.3) is 5.91 Å². The molecule has 0 fully saturated rings. The Morgan fingerprint density at radius 3 is 2.38 bits per heavy atom. The van der Waals surface area contributed by atoms with E-state index in [-0.39, 0.29) is 19.3 Å². The summed E-state index contributed by atoms with van der Waals surface area (Å²) in [5.41, 5.74) is 3.33. The van der Waals surface area contributed by atoms with Crippen molar-refractivity contribution in [2.75, 3.05) is 13.4 Å². The van der Waals surface area contributed by atoms with Gasteiger partial charge in [0.1, 0.15) is 0 Å². The minimum absolute atomic E-state index is 0.202. The molecule has 0 aromatic heterocycles. The second-order valence-corrected chi connectivity index (χ2v) is 6.48. The summed E-state index contributed by atoms with van der Waals surface area (Å²) in [5.74, 6) is 0.425. The molecule has 1 N–H and O–H groups in total. The van der Waals surface area contributed by atoms with E-state index in [1.165, 1.54) is 0 Å². The molecule has 1 amide bonds. The topological polar surface area (TPSA) is 73.9 Å². The largest absolute Gasteiger partial charge is 0.454 e. The molecule has 0 aliphatic carbocycles. The fourth-order valence-corrected chi connectivity index (χ4v) is 2.95. The van der Waals surface area contributed by atoms with Gasteiger partial charge in [-0.15, -0.1) is 0 Å². The van der Waals surface area contributed by atoms with Crippen LogP contribution in [-0.2, 0) is 16.1 Å². The molecule has 0 radical (unpaired) electrons. The van der Waals surface area contributed by atoms with E-state index >= 15 is 0 Å². The third kappa shape index (κ3) is 4.55. The summed E-state index contributed by atoms with van der Waals surface area (Å²) in [5, 5.41) is 2.72. The summed E-state index contributed by atoms with van der Waals surface area (Å²) in [4.78, 5) is 24.1. The number of hydrogen-bond acceptors (Lipinski definition) is 5. The molecule has 0 bridgehead atoms. The van der Waals surface area contributed by atoms with Crippen LogP contribution in [0.25, 0.3) is 11.1 Å². The first-order valence-corrected chi connectivity index (χ1v) is 9.17. The van der Waals surface area contributed by atoms with Crippen LogP contribution in [0.5, 0.6) is 11.5 Å². The first-order chi connectivity index (χ1) is 14.2. The third-order valence-corrected chi connectivity index (χ3v) is 4.49. The Morgan fingerprint density at radius 2 is 1.59 bits per heavy atom. The second kappa shape index (κ2) is 8.48. The lowest BCUT2D eigenvalue weighted by atomic mass is 10.0. The van der Waals surface area contributed by atoms with Gasteiger partial charge in [-0.05, 0) is 41.0 Å². The zero-order chi connectivity index (χ0) is 20.1. The molecule has 0 unspecified atom stereocenters. The van der Waals surface area contributed by atoms with Crippen LogP contribution >= 0.6 is 0 Å². The number of rotatable bonds is 6. The van der Waals surface area contributed by atoms with Crippen molar-refractivity contribution in [1.29, 1.82) is 0 Å². The van der Waals surface area contributed by atoms with E-state index in [0.717, 1.165) is 16.7 Å². The van der Waals surface area contributed by atoms with Crippen LogP contribution in [0, 0.1) is 0 Å². The molecule has 29 heavy (non-hydrogen) atoms. The van der Waals surface area contributed by atoms with Gasteiger partial charge in [-0.2, -0.15) is 0 Å². The highest BCUT2D eigenvalue weighted by Gasteiger charge is 2.14. The van der Waals surface area contributed by atoms with Crippen LogP contribution in [-0.4, -0.2) is 25.3 Å². The Balaban J connectivity index is 1.26. The Labute approximate surface area is 168 Å². The van der Waals surface area contributed by atoms with E-state index in [4.69, 9.17) is 14.2 Å². The van der Waals surface area contributed by atoms with Crippen molar-refractivity contribution in [2.24, 2.45) is 0 Å². The van der Waals surface area contributed by atoms with E-state index in [0.29, 0.717) is 23.6 Å². The maximum absolute atomic E-state index is 12.2. The fraction of sp³-hybridized carbons (Fsp3) is 0.130. The maximum atomic E-state index is 12.2. The minimum Gasteiger partial charge on any atom is -0.454 e. The predicted molar refractivity (Wildman–Crippen MR) is 107 cm³/mol. The molecule has 1 aliphatic heterocycles. The highest BCUT2D eigenvalue weighted by molar-refractivity contribution is 5.91. The van der Waals surface area contributed by atoms with Crippen LogP contribution in [0.2, 0.25) is 0 Å². The quantitative estimate of drug-likeness (QED) is 0.653. The average Bonchev–Trinajstić information content (AvgIpc) is 3.24. The predicted octanol–water partition coefficient (Wildman–Crippen LogP) is 3.56. The lowest BCUT2D eigenvalue weighted by molar-refractivity contribution is -0.124. The van der Waals surface area contributed by atoms with E-state index in [1.807, 2.05) is 54.6 Å². The number of carbonyl (C=O) groups excluding carboxylic acids is 2. The van der Waals surface area contributed by atoms with Crippen LogP contribution < -0.4 is 14.8 Å². The Bertz CT molecular complexity index is 1020. The summed E-state index contributed by atoms with van der Waals surface area (Å²) in [6.45, 7) is 0.163. The molecule has 0 atom stereocenters. The van der Waals surface area contributed by atoms with Gasteiger partial charge in [-0.1, -0.05) is 48.5 Å². The summed E-state index contributed by atoms with van der Waals surface area (Å²) in [7, 11) is 0. The van der Waals surface area contributed by atoms with Gasteiger partial charge >= 0.3 is 5.97 Å². The average molecular weight is 389 g/mol. The number of carbonyl (C=O) groups is 2. The van der Waals surface area contributed by atoms with Crippen LogP contribution in [0.15, 0.2) is 72.8 Å². The monoisotopic (exact) mass is 389 g/mol. The standard InChI is InChI=1S/C23H19NO5/c25-22(24-13-16-6-11-20-21(12-16)29-15-28-20)14-27-23(26)19-9-7-18(8-10-19)17-4-2-1-3-5-17/h1-12H,13-15H2,(H,24,25). The Morgan fingerprint density at radius 1 is 0.862 bits per heavy atom. The first kappa shape index (κ1) is 18.6. The zero-order valence-corrected chi connectivity index (χ0v) is 15.6. The number of esters is 1. The minimum atomic E-state index is -0.539. The van der Waals surface area contributed by atoms with Crippen molar-refractivity contribution < 1.29 is 23.8 Å². The second-order valence-electron chi connectivity index (χ2n) is 6.48. The number of nitrogens with one attached hydrogen (secondary N) is 1. The zero-order valence-electron chi connectivity index (χ0n) is 15.6. The number of ether oxygens (including phenoxy) is 3. The molecule has 6 heteroatoms. The number of amides is 1. The molecule has 0 spiro atoms. The third-order valence-electron chi connectivity index (χ3n) is 4.49. The van der Waals surface area contributed by atoms with E-state index < -0.39 is 5.97 Å². The van der Waals surface area contributed by atoms with Crippen molar-refractivity contribution in [2.45, 2.75) is 6.54 Å². The van der Waals surface area contributed by atoms with E-state index in [9.17, 15) is 9.59 Å². The molecular formula is C23H19NO5. The highest BCUT2D eigenvalue weighted by Crippen LogP contribution is 2.32. The van der Waals surface area contributed by atoms with Crippen molar-refractivity contribution in [3.8, 4) is 22.6 Å². The van der Waals surface area contributed by atoms with E-state index in [2.05, 4.69) is 5.32 Å². The fourth-order valence-electron chi connectivity index (χ4n) is 2.95. The van der Waals surface area contributed by atoms with Crippen LogP contribution in [0.3, 0.4) is 0 Å².